The molecule has 1 atom stereocenters. The van der Waals surface area contributed by atoms with E-state index in [-0.39, 0.29) is 0 Å². The van der Waals surface area contributed by atoms with Crippen molar-refractivity contribution in [3.05, 3.63) is 0 Å². The van der Waals surface area contributed by atoms with Gasteiger partial charge in [-0.05, 0) is 40.3 Å². The maximum Gasteiger partial charge on any atom is 0.0715 e. The molecule has 0 aromatic carbocycles. The molecule has 0 radical (unpaired) electrons. The van der Waals surface area contributed by atoms with Crippen LogP contribution in [0.15, 0.2) is 0 Å². The van der Waals surface area contributed by atoms with Crippen molar-refractivity contribution in [3.8, 4) is 0 Å². The molecular formula is C11H24N2O. The van der Waals surface area contributed by atoms with E-state index in [2.05, 4.69) is 17.3 Å². The van der Waals surface area contributed by atoms with Crippen LogP contribution in [0.2, 0.25) is 0 Å². The first-order valence-electron chi connectivity index (χ1n) is 5.62. The van der Waals surface area contributed by atoms with Gasteiger partial charge in [-0.2, -0.15) is 0 Å². The molecule has 0 saturated carbocycles. The highest BCUT2D eigenvalue weighted by atomic mass is 16.3. The second-order valence-electron chi connectivity index (χ2n) is 5.07. The number of rotatable bonds is 4. The number of nitrogens with zero attached hydrogens (tertiary/aromatic N) is 1. The number of hydrogen-bond donors (Lipinski definition) is 2. The summed E-state index contributed by atoms with van der Waals surface area (Å²) >= 11 is 0. The average molecular weight is 200 g/mol. The van der Waals surface area contributed by atoms with Crippen LogP contribution in [0.3, 0.4) is 0 Å². The van der Waals surface area contributed by atoms with Crippen molar-refractivity contribution < 1.29 is 5.11 Å². The van der Waals surface area contributed by atoms with Crippen LogP contribution in [0.5, 0.6) is 0 Å². The van der Waals surface area contributed by atoms with Gasteiger partial charge in [0.2, 0.25) is 0 Å². The Morgan fingerprint density at radius 1 is 1.43 bits per heavy atom. The van der Waals surface area contributed by atoms with E-state index in [0.717, 1.165) is 6.54 Å². The third kappa shape index (κ3) is 4.40. The van der Waals surface area contributed by atoms with Crippen molar-refractivity contribution in [1.29, 1.82) is 0 Å². The summed E-state index contributed by atoms with van der Waals surface area (Å²) in [6.07, 6.45) is 3.97. The minimum absolute atomic E-state index is 0.590. The van der Waals surface area contributed by atoms with E-state index in [9.17, 15) is 5.11 Å². The molecule has 3 heteroatoms. The van der Waals surface area contributed by atoms with Gasteiger partial charge in [-0.15, -0.1) is 0 Å². The summed E-state index contributed by atoms with van der Waals surface area (Å²) in [4.78, 5) is 2.42. The summed E-state index contributed by atoms with van der Waals surface area (Å²) in [6, 6.07) is 0.658. The number of aliphatic hydroxyl groups is 1. The molecule has 2 N–H and O–H groups in total. The monoisotopic (exact) mass is 200 g/mol. The second-order valence-corrected chi connectivity index (χ2v) is 5.07. The Kier molecular flexibility index (Phi) is 4.35. The summed E-state index contributed by atoms with van der Waals surface area (Å²) in [5.41, 5.74) is -0.590. The van der Waals surface area contributed by atoms with Crippen LogP contribution in [0, 0.1) is 0 Å². The van der Waals surface area contributed by atoms with Crippen molar-refractivity contribution in [2.75, 3.05) is 26.7 Å². The Hall–Kier alpha value is -0.120. The van der Waals surface area contributed by atoms with E-state index in [1.807, 2.05) is 13.8 Å². The number of likely N-dealkylation sites (N-methyl/N-ethyl adjacent to an activating group) is 1. The number of piperidine rings is 1. The Morgan fingerprint density at radius 2 is 2.14 bits per heavy atom. The standard InChI is InChI=1S/C11H24N2O/c1-11(2,14)9-12-8-10-6-4-5-7-13(10)3/h10,12,14H,4-9H2,1-3H3. The third-order valence-corrected chi connectivity index (χ3v) is 2.86. The van der Waals surface area contributed by atoms with Crippen molar-refractivity contribution >= 4 is 0 Å². The smallest absolute Gasteiger partial charge is 0.0715 e. The largest absolute Gasteiger partial charge is 0.389 e. The number of nitrogens with one attached hydrogen (secondary N) is 1. The van der Waals surface area contributed by atoms with Gasteiger partial charge in [-0.1, -0.05) is 6.42 Å². The average Bonchev–Trinajstić information content (AvgIpc) is 2.06. The zero-order chi connectivity index (χ0) is 10.6. The molecule has 14 heavy (non-hydrogen) atoms. The van der Waals surface area contributed by atoms with Gasteiger partial charge in [0.15, 0.2) is 0 Å². The minimum atomic E-state index is -0.590. The zero-order valence-electron chi connectivity index (χ0n) is 9.71. The van der Waals surface area contributed by atoms with Crippen molar-refractivity contribution in [2.24, 2.45) is 0 Å². The zero-order valence-corrected chi connectivity index (χ0v) is 9.71. The summed E-state index contributed by atoms with van der Waals surface area (Å²) in [6.45, 7) is 6.57. The molecule has 1 saturated heterocycles. The molecule has 0 spiro atoms. The molecule has 0 bridgehead atoms. The van der Waals surface area contributed by atoms with Crippen LogP contribution in [-0.2, 0) is 0 Å². The molecule has 1 fully saturated rings. The van der Waals surface area contributed by atoms with Crippen LogP contribution in [-0.4, -0.2) is 48.3 Å². The lowest BCUT2D eigenvalue weighted by atomic mass is 10.0. The molecule has 1 aliphatic rings. The van der Waals surface area contributed by atoms with E-state index < -0.39 is 5.60 Å². The molecule has 84 valence electrons. The summed E-state index contributed by atoms with van der Waals surface area (Å²) in [5, 5.41) is 12.9. The SMILES string of the molecule is CN1CCCCC1CNCC(C)(C)O. The fourth-order valence-electron chi connectivity index (χ4n) is 1.95. The van der Waals surface area contributed by atoms with Crippen molar-refractivity contribution in [1.82, 2.24) is 10.2 Å². The summed E-state index contributed by atoms with van der Waals surface area (Å²) < 4.78 is 0. The molecule has 0 amide bonds. The molecular weight excluding hydrogens is 176 g/mol. The number of likely N-dealkylation sites (tertiary alicyclic amines) is 1. The van der Waals surface area contributed by atoms with Gasteiger partial charge in [-0.25, -0.2) is 0 Å². The van der Waals surface area contributed by atoms with Crippen LogP contribution in [0.4, 0.5) is 0 Å². The lowest BCUT2D eigenvalue weighted by molar-refractivity contribution is 0.0756. The molecule has 1 heterocycles. The van der Waals surface area contributed by atoms with Crippen LogP contribution in [0.1, 0.15) is 33.1 Å². The molecule has 3 nitrogen and oxygen atoms in total. The van der Waals surface area contributed by atoms with E-state index in [1.165, 1.54) is 25.8 Å². The van der Waals surface area contributed by atoms with Gasteiger partial charge in [0.05, 0.1) is 5.60 Å². The van der Waals surface area contributed by atoms with Crippen molar-refractivity contribution in [3.63, 3.8) is 0 Å². The lowest BCUT2D eigenvalue weighted by Gasteiger charge is -2.33. The predicted molar refractivity (Wildman–Crippen MR) is 59.4 cm³/mol. The Balaban J connectivity index is 2.17. The molecule has 0 aromatic rings. The third-order valence-electron chi connectivity index (χ3n) is 2.86. The summed E-state index contributed by atoms with van der Waals surface area (Å²) in [7, 11) is 2.19. The highest BCUT2D eigenvalue weighted by Gasteiger charge is 2.19. The van der Waals surface area contributed by atoms with Gasteiger partial charge in [0, 0.05) is 19.1 Å². The van der Waals surface area contributed by atoms with Gasteiger partial charge >= 0.3 is 0 Å². The first kappa shape index (κ1) is 12.0. The number of hydrogen-bond acceptors (Lipinski definition) is 3. The maximum absolute atomic E-state index is 9.54. The minimum Gasteiger partial charge on any atom is -0.389 e. The van der Waals surface area contributed by atoms with Gasteiger partial charge in [0.1, 0.15) is 0 Å². The van der Waals surface area contributed by atoms with Crippen LogP contribution in [0.25, 0.3) is 0 Å². The normalized spacial score (nSPS) is 25.3. The fourth-order valence-corrected chi connectivity index (χ4v) is 1.95. The fraction of sp³-hybridized carbons (Fsp3) is 1.00. The highest BCUT2D eigenvalue weighted by Crippen LogP contribution is 2.14. The second kappa shape index (κ2) is 5.10. The van der Waals surface area contributed by atoms with E-state index in [1.54, 1.807) is 0 Å². The van der Waals surface area contributed by atoms with Gasteiger partial charge < -0.3 is 15.3 Å². The Morgan fingerprint density at radius 3 is 2.71 bits per heavy atom. The quantitative estimate of drug-likeness (QED) is 0.705. The Bertz CT molecular complexity index is 165. The molecule has 1 aliphatic heterocycles. The molecule has 0 aromatic heterocycles. The summed E-state index contributed by atoms with van der Waals surface area (Å²) in [5.74, 6) is 0. The lowest BCUT2D eigenvalue weighted by Crippen LogP contribution is -2.46. The molecule has 0 aliphatic carbocycles. The van der Waals surface area contributed by atoms with E-state index >= 15 is 0 Å². The van der Waals surface area contributed by atoms with Gasteiger partial charge in [-0.3, -0.25) is 0 Å². The first-order valence-corrected chi connectivity index (χ1v) is 5.62. The maximum atomic E-state index is 9.54. The first-order chi connectivity index (χ1) is 6.49. The van der Waals surface area contributed by atoms with Gasteiger partial charge in [0.25, 0.3) is 0 Å². The van der Waals surface area contributed by atoms with E-state index in [0.29, 0.717) is 12.6 Å². The highest BCUT2D eigenvalue weighted by molar-refractivity contribution is 4.78. The van der Waals surface area contributed by atoms with Crippen molar-refractivity contribution in [2.45, 2.75) is 44.8 Å². The molecule has 1 unspecified atom stereocenters. The van der Waals surface area contributed by atoms with Crippen LogP contribution < -0.4 is 5.32 Å². The van der Waals surface area contributed by atoms with E-state index in [4.69, 9.17) is 0 Å². The molecule has 1 rings (SSSR count). The Labute approximate surface area is 87.5 Å². The predicted octanol–water partition coefficient (Wildman–Crippen LogP) is 0.831. The topological polar surface area (TPSA) is 35.5 Å². The van der Waals surface area contributed by atoms with Crippen LogP contribution >= 0.6 is 0 Å².